The Balaban J connectivity index is 1.46. The lowest BCUT2D eigenvalue weighted by atomic mass is 9.89. The van der Waals surface area contributed by atoms with Gasteiger partial charge in [0.15, 0.2) is 0 Å². The third-order valence-corrected chi connectivity index (χ3v) is 6.27. The number of aromatic amines is 1. The summed E-state index contributed by atoms with van der Waals surface area (Å²) in [6, 6.07) is 8.54. The van der Waals surface area contributed by atoms with E-state index in [1.54, 1.807) is 0 Å². The Morgan fingerprint density at radius 1 is 1.20 bits per heavy atom. The molecule has 1 aromatic carbocycles. The monoisotopic (exact) mass is 397 g/mol. The van der Waals surface area contributed by atoms with Crippen LogP contribution in [-0.2, 0) is 11.2 Å². The number of H-pyrrole nitrogens is 1. The molecule has 30 heavy (non-hydrogen) atoms. The molecule has 3 aliphatic rings. The summed E-state index contributed by atoms with van der Waals surface area (Å²) in [6.07, 6.45) is 11.3. The summed E-state index contributed by atoms with van der Waals surface area (Å²) >= 11 is 0. The lowest BCUT2D eigenvalue weighted by Crippen LogP contribution is -2.36. The Hall–Kier alpha value is -3.41. The second-order valence-electron chi connectivity index (χ2n) is 8.38. The Labute approximate surface area is 175 Å². The molecule has 150 valence electrons. The highest BCUT2D eigenvalue weighted by molar-refractivity contribution is 6.06. The first-order valence-corrected chi connectivity index (χ1v) is 10.6. The number of nitrogens with zero attached hydrogens (tertiary/aromatic N) is 4. The first kappa shape index (κ1) is 17.4. The molecule has 0 bridgehead atoms. The molecule has 6 rings (SSSR count). The van der Waals surface area contributed by atoms with Crippen molar-refractivity contribution in [2.24, 2.45) is 4.99 Å². The quantitative estimate of drug-likeness (QED) is 0.716. The molecule has 0 atom stereocenters. The van der Waals surface area contributed by atoms with Gasteiger partial charge in [0, 0.05) is 42.2 Å². The maximum Gasteiger partial charge on any atom is 0.248 e. The fourth-order valence-corrected chi connectivity index (χ4v) is 4.55. The van der Waals surface area contributed by atoms with Gasteiger partial charge in [-0.3, -0.25) is 14.4 Å². The van der Waals surface area contributed by atoms with Crippen molar-refractivity contribution in [3.05, 3.63) is 71.6 Å². The topological polar surface area (TPSA) is 66.3 Å². The summed E-state index contributed by atoms with van der Waals surface area (Å²) in [6.45, 7) is 2.91. The van der Waals surface area contributed by atoms with Gasteiger partial charge in [0.1, 0.15) is 18.7 Å². The summed E-state index contributed by atoms with van der Waals surface area (Å²) in [4.78, 5) is 27.2. The number of amides is 1. The fraction of sp³-hybridized carbons (Fsp3) is 0.292. The van der Waals surface area contributed by atoms with Crippen LogP contribution in [0.4, 0.5) is 0 Å². The zero-order valence-corrected chi connectivity index (χ0v) is 16.9. The largest absolute Gasteiger partial charge is 0.365 e. The van der Waals surface area contributed by atoms with Crippen LogP contribution in [-0.4, -0.2) is 44.3 Å². The third-order valence-electron chi connectivity index (χ3n) is 6.27. The number of fused-ring (bicyclic) bond motifs is 3. The summed E-state index contributed by atoms with van der Waals surface area (Å²) in [7, 11) is 0. The number of carbonyl (C=O) groups is 1. The van der Waals surface area contributed by atoms with Crippen LogP contribution in [0, 0.1) is 6.92 Å². The lowest BCUT2D eigenvalue weighted by molar-refractivity contribution is -0.126. The normalized spacial score (nSPS) is 18.4. The molecule has 1 aliphatic carbocycles. The lowest BCUT2D eigenvalue weighted by Gasteiger charge is -2.31. The standard InChI is InChI=1S/C24H23N5O/c1-15-9-17(11-25-15)18-3-2-4-20-19(18)7-8-29-22(20)10-23(26-12-24(29)30)28-13-21(27-14-28)16-5-6-16/h2-4,9-11,13-14,16,25H,5-8,12H2,1H3. The Bertz CT molecular complexity index is 1220. The number of carbonyl (C=O) groups excluding carboxylic acids is 1. The molecule has 6 heteroatoms. The summed E-state index contributed by atoms with van der Waals surface area (Å²) in [5, 5.41) is 0. The van der Waals surface area contributed by atoms with E-state index in [0.717, 1.165) is 34.9 Å². The minimum Gasteiger partial charge on any atom is -0.365 e. The van der Waals surface area contributed by atoms with E-state index >= 15 is 0 Å². The Kier molecular flexibility index (Phi) is 3.81. The number of hydrogen-bond acceptors (Lipinski definition) is 3. The van der Waals surface area contributed by atoms with Gasteiger partial charge in [-0.15, -0.1) is 0 Å². The predicted octanol–water partition coefficient (Wildman–Crippen LogP) is 3.75. The van der Waals surface area contributed by atoms with Crippen molar-refractivity contribution in [2.75, 3.05) is 13.1 Å². The van der Waals surface area contributed by atoms with Gasteiger partial charge in [0.25, 0.3) is 0 Å². The maximum absolute atomic E-state index is 12.9. The van der Waals surface area contributed by atoms with Crippen molar-refractivity contribution in [1.82, 2.24) is 19.4 Å². The molecule has 0 radical (unpaired) electrons. The van der Waals surface area contributed by atoms with Crippen molar-refractivity contribution >= 4 is 17.4 Å². The van der Waals surface area contributed by atoms with Crippen LogP contribution >= 0.6 is 0 Å². The molecule has 2 aromatic heterocycles. The molecule has 1 fully saturated rings. The second-order valence-corrected chi connectivity index (χ2v) is 8.38. The molecule has 1 saturated carbocycles. The van der Waals surface area contributed by atoms with Crippen LogP contribution in [0.1, 0.15) is 41.3 Å². The molecule has 1 amide bonds. The fourth-order valence-electron chi connectivity index (χ4n) is 4.55. The van der Waals surface area contributed by atoms with Gasteiger partial charge < -0.3 is 9.88 Å². The van der Waals surface area contributed by atoms with E-state index in [4.69, 9.17) is 0 Å². The molecular formula is C24H23N5O. The van der Waals surface area contributed by atoms with E-state index in [9.17, 15) is 4.79 Å². The van der Waals surface area contributed by atoms with E-state index in [1.807, 2.05) is 21.9 Å². The molecule has 1 N–H and O–H groups in total. The number of rotatable bonds is 2. The van der Waals surface area contributed by atoms with Crippen molar-refractivity contribution in [2.45, 2.75) is 32.1 Å². The van der Waals surface area contributed by atoms with Crippen LogP contribution in [0.3, 0.4) is 0 Å². The second kappa shape index (κ2) is 6.55. The SMILES string of the molecule is Cc1cc(-c2cccc3c2CCN2C(=O)CN=C(n4cnc(C5CC5)c4)C=C32)c[nH]1. The summed E-state index contributed by atoms with van der Waals surface area (Å²) in [5.74, 6) is 1.41. The van der Waals surface area contributed by atoms with Crippen molar-refractivity contribution in [3.63, 3.8) is 0 Å². The van der Waals surface area contributed by atoms with Crippen molar-refractivity contribution < 1.29 is 4.79 Å². The molecule has 0 saturated heterocycles. The highest BCUT2D eigenvalue weighted by Gasteiger charge is 2.30. The Morgan fingerprint density at radius 2 is 2.07 bits per heavy atom. The van der Waals surface area contributed by atoms with Crippen molar-refractivity contribution in [3.8, 4) is 11.1 Å². The Morgan fingerprint density at radius 3 is 2.87 bits per heavy atom. The number of aromatic nitrogens is 3. The summed E-state index contributed by atoms with van der Waals surface area (Å²) in [5.41, 5.74) is 8.03. The van der Waals surface area contributed by atoms with E-state index < -0.39 is 0 Å². The van der Waals surface area contributed by atoms with Crippen LogP contribution in [0.5, 0.6) is 0 Å². The van der Waals surface area contributed by atoms with Gasteiger partial charge >= 0.3 is 0 Å². The van der Waals surface area contributed by atoms with E-state index in [0.29, 0.717) is 12.5 Å². The van der Waals surface area contributed by atoms with E-state index in [2.05, 4.69) is 58.5 Å². The molecule has 0 unspecified atom stereocenters. The number of hydrogen-bond donors (Lipinski definition) is 1. The van der Waals surface area contributed by atoms with Gasteiger partial charge in [-0.25, -0.2) is 4.98 Å². The average Bonchev–Trinajstić information content (AvgIpc) is 3.38. The minimum absolute atomic E-state index is 0.0484. The summed E-state index contributed by atoms with van der Waals surface area (Å²) < 4.78 is 1.96. The number of benzene rings is 1. The zero-order chi connectivity index (χ0) is 20.2. The average molecular weight is 397 g/mol. The van der Waals surface area contributed by atoms with Gasteiger partial charge in [-0.05, 0) is 48.9 Å². The van der Waals surface area contributed by atoms with Crippen molar-refractivity contribution in [1.29, 1.82) is 0 Å². The smallest absolute Gasteiger partial charge is 0.248 e. The first-order valence-electron chi connectivity index (χ1n) is 10.6. The highest BCUT2D eigenvalue weighted by Crippen LogP contribution is 2.39. The van der Waals surface area contributed by atoms with Gasteiger partial charge in [-0.1, -0.05) is 18.2 Å². The maximum atomic E-state index is 12.9. The predicted molar refractivity (Wildman–Crippen MR) is 116 cm³/mol. The van der Waals surface area contributed by atoms with Crippen LogP contribution in [0.2, 0.25) is 0 Å². The molecule has 2 aliphatic heterocycles. The number of aryl methyl sites for hydroxylation is 1. The van der Waals surface area contributed by atoms with E-state index in [-0.39, 0.29) is 12.5 Å². The third kappa shape index (κ3) is 2.83. The van der Waals surface area contributed by atoms with Crippen LogP contribution < -0.4 is 0 Å². The number of aliphatic imine (C=N–C) groups is 1. The van der Waals surface area contributed by atoms with Gasteiger partial charge in [0.2, 0.25) is 5.91 Å². The molecule has 0 spiro atoms. The first-order chi connectivity index (χ1) is 14.7. The van der Waals surface area contributed by atoms with Crippen LogP contribution in [0.15, 0.2) is 54.1 Å². The highest BCUT2D eigenvalue weighted by atomic mass is 16.2. The zero-order valence-electron chi connectivity index (χ0n) is 16.9. The molecule has 4 heterocycles. The van der Waals surface area contributed by atoms with E-state index in [1.165, 1.54) is 29.5 Å². The molecule has 6 nitrogen and oxygen atoms in total. The minimum atomic E-state index is 0.0484. The number of nitrogens with one attached hydrogen (secondary N) is 1. The van der Waals surface area contributed by atoms with Gasteiger partial charge in [-0.2, -0.15) is 0 Å². The molecule has 3 aromatic rings. The van der Waals surface area contributed by atoms with Crippen LogP contribution in [0.25, 0.3) is 16.8 Å². The molecular weight excluding hydrogens is 374 g/mol. The number of allylic oxidation sites excluding steroid dienone is 1. The number of imidazole rings is 1. The van der Waals surface area contributed by atoms with Gasteiger partial charge in [0.05, 0.1) is 11.4 Å².